The van der Waals surface area contributed by atoms with E-state index in [-0.39, 0.29) is 23.9 Å². The highest BCUT2D eigenvalue weighted by Gasteiger charge is 2.44. The van der Waals surface area contributed by atoms with Gasteiger partial charge in [-0.05, 0) is 37.0 Å². The number of thiophene rings is 1. The van der Waals surface area contributed by atoms with E-state index in [0.717, 1.165) is 10.6 Å². The molecule has 1 fully saturated rings. The van der Waals surface area contributed by atoms with Crippen LogP contribution in [0.4, 0.5) is 4.79 Å². The molecule has 0 N–H and O–H groups in total. The van der Waals surface area contributed by atoms with E-state index in [1.165, 1.54) is 28.0 Å². The summed E-state index contributed by atoms with van der Waals surface area (Å²) in [5.74, 6) is 0.334. The molecule has 3 rings (SSSR count). The summed E-state index contributed by atoms with van der Waals surface area (Å²) < 4.78 is 5.03. The van der Waals surface area contributed by atoms with E-state index in [1.54, 1.807) is 11.8 Å². The van der Waals surface area contributed by atoms with Gasteiger partial charge in [-0.15, -0.1) is 23.1 Å². The minimum absolute atomic E-state index is 0.175. The molecular formula is C18H22N2O4S2. The summed E-state index contributed by atoms with van der Waals surface area (Å²) in [6.45, 7) is 5.07. The van der Waals surface area contributed by atoms with Crippen LogP contribution in [-0.4, -0.2) is 59.2 Å². The number of ether oxygens (including phenoxy) is 1. The highest BCUT2D eigenvalue weighted by atomic mass is 32.2. The quantitative estimate of drug-likeness (QED) is 0.718. The van der Waals surface area contributed by atoms with Crippen LogP contribution in [0.5, 0.6) is 0 Å². The fourth-order valence-electron chi connectivity index (χ4n) is 3.30. The number of hydrogen-bond acceptors (Lipinski definition) is 6. The van der Waals surface area contributed by atoms with Gasteiger partial charge in [0.15, 0.2) is 0 Å². The molecule has 0 atom stereocenters. The predicted molar refractivity (Wildman–Crippen MR) is 103 cm³/mol. The third kappa shape index (κ3) is 3.53. The Balaban J connectivity index is 1.76. The Morgan fingerprint density at radius 1 is 1.27 bits per heavy atom. The van der Waals surface area contributed by atoms with E-state index in [1.807, 2.05) is 24.4 Å². The number of carbonyl (C=O) groups excluding carboxylic acids is 3. The van der Waals surface area contributed by atoms with Gasteiger partial charge in [-0.3, -0.25) is 14.5 Å². The summed E-state index contributed by atoms with van der Waals surface area (Å²) in [7, 11) is 0. The van der Waals surface area contributed by atoms with Gasteiger partial charge in [-0.2, -0.15) is 0 Å². The van der Waals surface area contributed by atoms with Crippen LogP contribution in [0, 0.1) is 0 Å². The van der Waals surface area contributed by atoms with Crippen molar-refractivity contribution in [2.45, 2.75) is 32.7 Å². The van der Waals surface area contributed by atoms with Crippen LogP contribution >= 0.6 is 23.1 Å². The zero-order chi connectivity index (χ0) is 18.7. The third-order valence-corrected chi connectivity index (χ3v) is 6.33. The van der Waals surface area contributed by atoms with Crippen molar-refractivity contribution in [1.82, 2.24) is 9.80 Å². The van der Waals surface area contributed by atoms with Gasteiger partial charge < -0.3 is 9.64 Å². The first-order valence-electron chi connectivity index (χ1n) is 8.79. The average molecular weight is 395 g/mol. The van der Waals surface area contributed by atoms with Gasteiger partial charge in [0.2, 0.25) is 0 Å². The maximum Gasteiger partial charge on any atom is 0.409 e. The standard InChI is InChI=1S/C18H22N2O4S2/c1-3-24-18(23)19-9-7-12(8-10-19)20-16(21)14(13-6-5-11-26-13)15(17(20)22)25-4-2/h5-6,11-12H,3-4,7-10H2,1-2H3. The van der Waals surface area contributed by atoms with E-state index in [9.17, 15) is 14.4 Å². The highest BCUT2D eigenvalue weighted by molar-refractivity contribution is 8.04. The highest BCUT2D eigenvalue weighted by Crippen LogP contribution is 2.39. The minimum Gasteiger partial charge on any atom is -0.450 e. The number of rotatable bonds is 5. The number of piperidine rings is 1. The van der Waals surface area contributed by atoms with E-state index < -0.39 is 0 Å². The lowest BCUT2D eigenvalue weighted by Gasteiger charge is -2.35. The Bertz CT molecular complexity index is 722. The minimum atomic E-state index is -0.329. The maximum absolute atomic E-state index is 13.1. The molecule has 0 saturated carbocycles. The first-order valence-corrected chi connectivity index (χ1v) is 10.7. The second-order valence-corrected chi connectivity index (χ2v) is 8.23. The Hall–Kier alpha value is -1.80. The molecule has 140 valence electrons. The molecule has 0 aromatic carbocycles. The van der Waals surface area contributed by atoms with E-state index in [4.69, 9.17) is 4.74 Å². The van der Waals surface area contributed by atoms with Crippen LogP contribution in [-0.2, 0) is 14.3 Å². The summed E-state index contributed by atoms with van der Waals surface area (Å²) >= 11 is 2.90. The fourth-order valence-corrected chi connectivity index (χ4v) is 4.98. The molecule has 0 unspecified atom stereocenters. The lowest BCUT2D eigenvalue weighted by Crippen LogP contribution is -2.49. The van der Waals surface area contributed by atoms with Crippen molar-refractivity contribution in [3.8, 4) is 0 Å². The van der Waals surface area contributed by atoms with Crippen LogP contribution in [0.1, 0.15) is 31.6 Å². The molecule has 1 aromatic heterocycles. The third-order valence-electron chi connectivity index (χ3n) is 4.48. The fraction of sp³-hybridized carbons (Fsp3) is 0.500. The van der Waals surface area contributed by atoms with Crippen molar-refractivity contribution in [2.24, 2.45) is 0 Å². The largest absolute Gasteiger partial charge is 0.450 e. The smallest absolute Gasteiger partial charge is 0.409 e. The zero-order valence-electron chi connectivity index (χ0n) is 14.9. The van der Waals surface area contributed by atoms with Crippen LogP contribution < -0.4 is 0 Å². The van der Waals surface area contributed by atoms with Crippen LogP contribution in [0.3, 0.4) is 0 Å². The van der Waals surface area contributed by atoms with Gasteiger partial charge in [0.05, 0.1) is 17.1 Å². The Morgan fingerprint density at radius 2 is 2.00 bits per heavy atom. The number of carbonyl (C=O) groups is 3. The van der Waals surface area contributed by atoms with Crippen LogP contribution in [0.25, 0.3) is 5.57 Å². The van der Waals surface area contributed by atoms with Crippen molar-refractivity contribution in [2.75, 3.05) is 25.4 Å². The molecule has 1 aromatic rings. The lowest BCUT2D eigenvalue weighted by atomic mass is 10.0. The molecule has 3 heterocycles. The number of thioether (sulfide) groups is 1. The lowest BCUT2D eigenvalue weighted by molar-refractivity contribution is -0.140. The molecule has 0 aliphatic carbocycles. The predicted octanol–water partition coefficient (Wildman–Crippen LogP) is 3.20. The summed E-state index contributed by atoms with van der Waals surface area (Å²) in [6, 6.07) is 3.60. The van der Waals surface area contributed by atoms with Crippen molar-refractivity contribution in [3.63, 3.8) is 0 Å². The molecule has 1 saturated heterocycles. The van der Waals surface area contributed by atoms with Crippen LogP contribution in [0.15, 0.2) is 22.4 Å². The normalized spacial score (nSPS) is 18.8. The summed E-state index contributed by atoms with van der Waals surface area (Å²) in [5.41, 5.74) is 0.532. The number of imide groups is 1. The Labute approximate surface area is 161 Å². The Morgan fingerprint density at radius 3 is 2.58 bits per heavy atom. The number of likely N-dealkylation sites (tertiary alicyclic amines) is 1. The van der Waals surface area contributed by atoms with E-state index in [2.05, 4.69) is 0 Å². The van der Waals surface area contributed by atoms with E-state index in [0.29, 0.717) is 43.0 Å². The van der Waals surface area contributed by atoms with Gasteiger partial charge in [-0.25, -0.2) is 4.79 Å². The zero-order valence-corrected chi connectivity index (χ0v) is 16.5. The molecule has 2 aliphatic heterocycles. The maximum atomic E-state index is 13.1. The Kier molecular flexibility index (Phi) is 6.03. The summed E-state index contributed by atoms with van der Waals surface area (Å²) in [4.78, 5) is 42.3. The van der Waals surface area contributed by atoms with Crippen molar-refractivity contribution >= 4 is 46.6 Å². The van der Waals surface area contributed by atoms with Gasteiger partial charge in [-0.1, -0.05) is 13.0 Å². The number of hydrogen-bond donors (Lipinski definition) is 0. The average Bonchev–Trinajstić information content (AvgIpc) is 3.23. The van der Waals surface area contributed by atoms with Crippen LogP contribution in [0.2, 0.25) is 0 Å². The SMILES string of the molecule is CCOC(=O)N1CCC(N2C(=O)C(SCC)=C(c3cccs3)C2=O)CC1. The molecule has 2 aliphatic rings. The van der Waals surface area contributed by atoms with Crippen molar-refractivity contribution in [3.05, 3.63) is 27.3 Å². The second-order valence-electron chi connectivity index (χ2n) is 6.01. The first kappa shape index (κ1) is 19.0. The molecule has 0 radical (unpaired) electrons. The number of nitrogens with zero attached hydrogens (tertiary/aromatic N) is 2. The van der Waals surface area contributed by atoms with Crippen molar-refractivity contribution in [1.29, 1.82) is 0 Å². The monoisotopic (exact) mass is 394 g/mol. The van der Waals surface area contributed by atoms with Gasteiger partial charge in [0.1, 0.15) is 0 Å². The van der Waals surface area contributed by atoms with Gasteiger partial charge in [0.25, 0.3) is 11.8 Å². The second kappa shape index (κ2) is 8.26. The summed E-state index contributed by atoms with van der Waals surface area (Å²) in [5, 5.41) is 1.91. The topological polar surface area (TPSA) is 66.9 Å². The molecule has 0 bridgehead atoms. The van der Waals surface area contributed by atoms with Crippen molar-refractivity contribution < 1.29 is 19.1 Å². The van der Waals surface area contributed by atoms with Gasteiger partial charge >= 0.3 is 6.09 Å². The molecule has 26 heavy (non-hydrogen) atoms. The van der Waals surface area contributed by atoms with Gasteiger partial charge in [0, 0.05) is 24.0 Å². The summed E-state index contributed by atoms with van der Waals surface area (Å²) in [6.07, 6.45) is 0.834. The van der Waals surface area contributed by atoms with E-state index >= 15 is 0 Å². The molecule has 6 nitrogen and oxygen atoms in total. The molecule has 8 heteroatoms. The molecule has 0 spiro atoms. The first-order chi connectivity index (χ1) is 12.6. The number of amides is 3. The molecule has 3 amide bonds. The molecular weight excluding hydrogens is 372 g/mol.